The molecular formula is C23H29BrN4. The Morgan fingerprint density at radius 2 is 1.57 bits per heavy atom. The van der Waals surface area contributed by atoms with Gasteiger partial charge in [-0.1, -0.05) is 22.9 Å². The second-order valence-electron chi connectivity index (χ2n) is 8.40. The normalized spacial score (nSPS) is 15.6. The largest absolute Gasteiger partial charge is 0.356 e. The minimum absolute atomic E-state index is 0.801. The first kappa shape index (κ1) is 19.4. The number of anilines is 1. The average molecular weight is 441 g/mol. The molecule has 0 saturated carbocycles. The number of nitrogens with zero attached hydrogens (tertiary/aromatic N) is 4. The summed E-state index contributed by atoms with van der Waals surface area (Å²) in [6, 6.07) is 4.37. The molecule has 4 rings (SSSR count). The smallest absolute Gasteiger partial charge is 0.150 e. The molecule has 1 fully saturated rings. The SMILES string of the molecule is Cc1nc(N2CCC(C)CC2)c2c(C)c(C)n(-c3c(C)cc(Br)cc3C)c2n1. The van der Waals surface area contributed by atoms with E-state index >= 15 is 0 Å². The molecule has 0 unspecified atom stereocenters. The minimum atomic E-state index is 0.801. The molecule has 0 atom stereocenters. The number of aromatic nitrogens is 3. The van der Waals surface area contributed by atoms with Gasteiger partial charge in [-0.25, -0.2) is 9.97 Å². The molecule has 1 aliphatic heterocycles. The maximum absolute atomic E-state index is 4.92. The first-order chi connectivity index (χ1) is 13.3. The van der Waals surface area contributed by atoms with E-state index in [2.05, 4.69) is 72.1 Å². The van der Waals surface area contributed by atoms with Gasteiger partial charge in [-0.15, -0.1) is 0 Å². The van der Waals surface area contributed by atoms with Gasteiger partial charge < -0.3 is 4.90 Å². The minimum Gasteiger partial charge on any atom is -0.356 e. The number of hydrogen-bond acceptors (Lipinski definition) is 3. The summed E-state index contributed by atoms with van der Waals surface area (Å²) in [5, 5.41) is 1.21. The van der Waals surface area contributed by atoms with Crippen molar-refractivity contribution in [3.8, 4) is 5.69 Å². The highest BCUT2D eigenvalue weighted by Crippen LogP contribution is 2.37. The van der Waals surface area contributed by atoms with E-state index in [0.29, 0.717) is 0 Å². The topological polar surface area (TPSA) is 34.0 Å². The standard InChI is InChI=1S/C23H29BrN4/c1-13-7-9-27(10-8-13)22-20-16(4)17(5)28(23(20)26-18(6)25-22)21-14(2)11-19(24)12-15(21)3/h11-13H,7-10H2,1-6H3. The summed E-state index contributed by atoms with van der Waals surface area (Å²) in [6.45, 7) is 15.3. The number of piperidine rings is 1. The second-order valence-corrected chi connectivity index (χ2v) is 9.31. The zero-order chi connectivity index (χ0) is 20.2. The quantitative estimate of drug-likeness (QED) is 0.492. The van der Waals surface area contributed by atoms with E-state index in [1.54, 1.807) is 0 Å². The molecule has 4 nitrogen and oxygen atoms in total. The molecule has 1 saturated heterocycles. The fourth-order valence-corrected chi connectivity index (χ4v) is 5.21. The first-order valence-electron chi connectivity index (χ1n) is 10.2. The van der Waals surface area contributed by atoms with Gasteiger partial charge >= 0.3 is 0 Å². The number of aryl methyl sites for hydroxylation is 4. The number of hydrogen-bond donors (Lipinski definition) is 0. The third-order valence-corrected chi connectivity index (χ3v) is 6.67. The Hall–Kier alpha value is -1.88. The molecule has 3 heterocycles. The van der Waals surface area contributed by atoms with Crippen LogP contribution in [0.25, 0.3) is 16.7 Å². The number of halogens is 1. The molecule has 2 aromatic heterocycles. The van der Waals surface area contributed by atoms with Crippen molar-refractivity contribution in [2.24, 2.45) is 5.92 Å². The van der Waals surface area contributed by atoms with Gasteiger partial charge in [0.15, 0.2) is 5.65 Å². The average Bonchev–Trinajstić information content (AvgIpc) is 2.86. The van der Waals surface area contributed by atoms with Crippen molar-refractivity contribution in [3.05, 3.63) is 44.8 Å². The Bertz CT molecular complexity index is 1040. The zero-order valence-corrected chi connectivity index (χ0v) is 19.3. The van der Waals surface area contributed by atoms with Crippen LogP contribution in [-0.2, 0) is 0 Å². The van der Waals surface area contributed by atoms with Crippen molar-refractivity contribution in [2.75, 3.05) is 18.0 Å². The van der Waals surface area contributed by atoms with Crippen molar-refractivity contribution < 1.29 is 0 Å². The summed E-state index contributed by atoms with van der Waals surface area (Å²) < 4.78 is 3.46. The lowest BCUT2D eigenvalue weighted by Gasteiger charge is -2.31. The van der Waals surface area contributed by atoms with Crippen molar-refractivity contribution in [1.82, 2.24) is 14.5 Å². The van der Waals surface area contributed by atoms with Crippen molar-refractivity contribution in [2.45, 2.75) is 54.4 Å². The molecule has 0 spiro atoms. The van der Waals surface area contributed by atoms with E-state index in [0.717, 1.165) is 40.8 Å². The van der Waals surface area contributed by atoms with Gasteiger partial charge in [-0.2, -0.15) is 0 Å². The molecule has 0 radical (unpaired) electrons. The fourth-order valence-electron chi connectivity index (χ4n) is 4.53. The Kier molecular flexibility index (Phi) is 4.98. The van der Waals surface area contributed by atoms with E-state index in [1.807, 2.05) is 6.92 Å². The van der Waals surface area contributed by atoms with Gasteiger partial charge in [0, 0.05) is 23.3 Å². The Morgan fingerprint density at radius 1 is 0.964 bits per heavy atom. The summed E-state index contributed by atoms with van der Waals surface area (Å²) in [5.74, 6) is 2.75. The van der Waals surface area contributed by atoms with Crippen LogP contribution in [0, 0.1) is 40.5 Å². The Balaban J connectivity index is 1.99. The molecule has 28 heavy (non-hydrogen) atoms. The van der Waals surface area contributed by atoms with Crippen LogP contribution in [0.4, 0.5) is 5.82 Å². The number of fused-ring (bicyclic) bond motifs is 1. The monoisotopic (exact) mass is 440 g/mol. The molecule has 0 aliphatic carbocycles. The Morgan fingerprint density at radius 3 is 2.18 bits per heavy atom. The van der Waals surface area contributed by atoms with E-state index < -0.39 is 0 Å². The molecule has 1 aliphatic rings. The lowest BCUT2D eigenvalue weighted by atomic mass is 9.99. The van der Waals surface area contributed by atoms with Crippen LogP contribution in [0.3, 0.4) is 0 Å². The summed E-state index contributed by atoms with van der Waals surface area (Å²) in [5.41, 5.74) is 7.29. The molecule has 0 amide bonds. The van der Waals surface area contributed by atoms with E-state index in [-0.39, 0.29) is 0 Å². The van der Waals surface area contributed by atoms with Crippen LogP contribution in [0.1, 0.15) is 48.0 Å². The lowest BCUT2D eigenvalue weighted by Crippen LogP contribution is -2.33. The number of benzene rings is 1. The summed E-state index contributed by atoms with van der Waals surface area (Å²) in [7, 11) is 0. The molecule has 5 heteroatoms. The van der Waals surface area contributed by atoms with Gasteiger partial charge in [0.05, 0.1) is 11.1 Å². The van der Waals surface area contributed by atoms with E-state index in [4.69, 9.17) is 9.97 Å². The van der Waals surface area contributed by atoms with Crippen LogP contribution in [0.5, 0.6) is 0 Å². The highest BCUT2D eigenvalue weighted by atomic mass is 79.9. The third kappa shape index (κ3) is 3.14. The summed E-state index contributed by atoms with van der Waals surface area (Å²) in [6.07, 6.45) is 2.46. The molecule has 0 bridgehead atoms. The fraction of sp³-hybridized carbons (Fsp3) is 0.478. The Labute approximate surface area is 176 Å². The van der Waals surface area contributed by atoms with Gasteiger partial charge in [0.2, 0.25) is 0 Å². The van der Waals surface area contributed by atoms with Gasteiger partial charge in [0.25, 0.3) is 0 Å². The van der Waals surface area contributed by atoms with Crippen LogP contribution in [-0.4, -0.2) is 27.6 Å². The van der Waals surface area contributed by atoms with Gasteiger partial charge in [-0.3, -0.25) is 4.57 Å². The van der Waals surface area contributed by atoms with Crippen LogP contribution in [0.15, 0.2) is 16.6 Å². The molecule has 0 N–H and O–H groups in total. The summed E-state index contributed by atoms with van der Waals surface area (Å²) in [4.78, 5) is 12.3. The van der Waals surface area contributed by atoms with Crippen LogP contribution >= 0.6 is 15.9 Å². The highest BCUT2D eigenvalue weighted by Gasteiger charge is 2.25. The predicted molar refractivity (Wildman–Crippen MR) is 121 cm³/mol. The first-order valence-corrected chi connectivity index (χ1v) is 11.0. The summed E-state index contributed by atoms with van der Waals surface area (Å²) >= 11 is 3.63. The van der Waals surface area contributed by atoms with E-state index in [9.17, 15) is 0 Å². The van der Waals surface area contributed by atoms with Crippen molar-refractivity contribution in [3.63, 3.8) is 0 Å². The van der Waals surface area contributed by atoms with Crippen LogP contribution in [0.2, 0.25) is 0 Å². The molecule has 3 aromatic rings. The van der Waals surface area contributed by atoms with Crippen molar-refractivity contribution in [1.29, 1.82) is 0 Å². The molecule has 1 aromatic carbocycles. The zero-order valence-electron chi connectivity index (χ0n) is 17.7. The lowest BCUT2D eigenvalue weighted by molar-refractivity contribution is 0.437. The second kappa shape index (κ2) is 7.18. The maximum Gasteiger partial charge on any atom is 0.150 e. The number of rotatable bonds is 2. The molecule has 148 valence electrons. The predicted octanol–water partition coefficient (Wildman–Crippen LogP) is 5.96. The van der Waals surface area contributed by atoms with Crippen LogP contribution < -0.4 is 4.90 Å². The van der Waals surface area contributed by atoms with Crippen molar-refractivity contribution >= 4 is 32.8 Å². The van der Waals surface area contributed by atoms with E-state index in [1.165, 1.54) is 46.3 Å². The van der Waals surface area contributed by atoms with Gasteiger partial charge in [-0.05, 0) is 82.2 Å². The molecular weight excluding hydrogens is 412 g/mol. The highest BCUT2D eigenvalue weighted by molar-refractivity contribution is 9.10. The van der Waals surface area contributed by atoms with Gasteiger partial charge in [0.1, 0.15) is 11.6 Å². The third-order valence-electron chi connectivity index (χ3n) is 6.21. The maximum atomic E-state index is 4.92.